The SMILES string of the molecule is COc1cccc(OC[C@@H]2c3ccsc3CCN2C(=O)CN(C[C@@H]2CCCO2)C(=O)C2CCCC2)c1. The van der Waals surface area contributed by atoms with Crippen molar-refractivity contribution in [1.29, 1.82) is 0 Å². The van der Waals surface area contributed by atoms with Crippen LogP contribution in [0.15, 0.2) is 35.7 Å². The molecule has 2 amide bonds. The van der Waals surface area contributed by atoms with Crippen molar-refractivity contribution in [3.8, 4) is 11.5 Å². The molecule has 0 N–H and O–H groups in total. The topological polar surface area (TPSA) is 68.3 Å². The van der Waals surface area contributed by atoms with Gasteiger partial charge in [0.2, 0.25) is 11.8 Å². The highest BCUT2D eigenvalue weighted by atomic mass is 32.1. The van der Waals surface area contributed by atoms with E-state index in [1.165, 1.54) is 4.88 Å². The van der Waals surface area contributed by atoms with Gasteiger partial charge in [-0.3, -0.25) is 9.59 Å². The van der Waals surface area contributed by atoms with E-state index in [4.69, 9.17) is 14.2 Å². The third-order valence-corrected chi connectivity index (χ3v) is 8.65. The molecular formula is C28H36N2O5S. The molecule has 5 rings (SSSR count). The number of rotatable bonds is 9. The van der Waals surface area contributed by atoms with Crippen LogP contribution in [0.25, 0.3) is 0 Å². The molecule has 2 aliphatic heterocycles. The molecule has 36 heavy (non-hydrogen) atoms. The molecule has 1 saturated carbocycles. The summed E-state index contributed by atoms with van der Waals surface area (Å²) < 4.78 is 17.3. The van der Waals surface area contributed by atoms with E-state index in [0.717, 1.165) is 62.9 Å². The van der Waals surface area contributed by atoms with Crippen LogP contribution in [0.1, 0.15) is 55.0 Å². The van der Waals surface area contributed by atoms with Crippen LogP contribution in [0.3, 0.4) is 0 Å². The Labute approximate surface area is 217 Å². The molecular weight excluding hydrogens is 476 g/mol. The zero-order chi connectivity index (χ0) is 24.9. The second kappa shape index (κ2) is 11.6. The van der Waals surface area contributed by atoms with Crippen molar-refractivity contribution in [1.82, 2.24) is 9.80 Å². The number of methoxy groups -OCH3 is 1. The highest BCUT2D eigenvalue weighted by Gasteiger charge is 2.36. The molecule has 7 nitrogen and oxygen atoms in total. The molecule has 0 spiro atoms. The van der Waals surface area contributed by atoms with Crippen molar-refractivity contribution in [2.75, 3.05) is 40.0 Å². The fraction of sp³-hybridized carbons (Fsp3) is 0.571. The fourth-order valence-corrected chi connectivity index (χ4v) is 6.62. The Morgan fingerprint density at radius 1 is 1.14 bits per heavy atom. The van der Waals surface area contributed by atoms with Gasteiger partial charge in [0.1, 0.15) is 18.1 Å². The van der Waals surface area contributed by atoms with Crippen molar-refractivity contribution >= 4 is 23.2 Å². The summed E-state index contributed by atoms with van der Waals surface area (Å²) in [5.41, 5.74) is 1.15. The van der Waals surface area contributed by atoms with Gasteiger partial charge in [-0.05, 0) is 61.2 Å². The van der Waals surface area contributed by atoms with Gasteiger partial charge in [0.05, 0.1) is 25.8 Å². The summed E-state index contributed by atoms with van der Waals surface area (Å²) in [5.74, 6) is 1.58. The van der Waals surface area contributed by atoms with Crippen LogP contribution in [0.4, 0.5) is 0 Å². The summed E-state index contributed by atoms with van der Waals surface area (Å²) in [5, 5.41) is 2.09. The van der Waals surface area contributed by atoms with Crippen molar-refractivity contribution in [3.63, 3.8) is 0 Å². The van der Waals surface area contributed by atoms with E-state index in [9.17, 15) is 9.59 Å². The van der Waals surface area contributed by atoms with Crippen LogP contribution in [0.2, 0.25) is 0 Å². The van der Waals surface area contributed by atoms with Crippen LogP contribution in [-0.2, 0) is 20.7 Å². The third-order valence-electron chi connectivity index (χ3n) is 7.65. The lowest BCUT2D eigenvalue weighted by atomic mass is 10.00. The van der Waals surface area contributed by atoms with E-state index in [0.29, 0.717) is 25.4 Å². The number of ether oxygens (including phenoxy) is 3. The average molecular weight is 513 g/mol. The predicted molar refractivity (Wildman–Crippen MR) is 138 cm³/mol. The van der Waals surface area contributed by atoms with Crippen molar-refractivity contribution in [2.24, 2.45) is 5.92 Å². The molecule has 8 heteroatoms. The van der Waals surface area contributed by atoms with Gasteiger partial charge in [-0.1, -0.05) is 18.9 Å². The minimum Gasteiger partial charge on any atom is -0.497 e. The number of carbonyl (C=O) groups excluding carboxylic acids is 2. The molecule has 3 heterocycles. The van der Waals surface area contributed by atoms with E-state index in [2.05, 4.69) is 11.4 Å². The minimum atomic E-state index is -0.190. The fourth-order valence-electron chi connectivity index (χ4n) is 5.69. The zero-order valence-corrected chi connectivity index (χ0v) is 21.8. The summed E-state index contributed by atoms with van der Waals surface area (Å²) in [7, 11) is 1.63. The van der Waals surface area contributed by atoms with Crippen LogP contribution in [-0.4, -0.2) is 67.7 Å². The Kier molecular flexibility index (Phi) is 8.12. The largest absolute Gasteiger partial charge is 0.497 e. The van der Waals surface area contributed by atoms with Gasteiger partial charge in [-0.25, -0.2) is 0 Å². The highest BCUT2D eigenvalue weighted by molar-refractivity contribution is 7.10. The number of amides is 2. The van der Waals surface area contributed by atoms with E-state index in [1.807, 2.05) is 29.2 Å². The lowest BCUT2D eigenvalue weighted by molar-refractivity contribution is -0.146. The van der Waals surface area contributed by atoms with Gasteiger partial charge in [0.15, 0.2) is 0 Å². The normalized spacial score (nSPS) is 21.9. The van der Waals surface area contributed by atoms with Gasteiger partial charge in [-0.2, -0.15) is 0 Å². The standard InChI is InChI=1S/C28H36N2O5S/c1-33-21-8-4-9-22(16-21)35-19-25-24-12-15-36-26(24)11-13-30(25)27(31)18-29(17-23-10-5-14-34-23)28(32)20-6-2-3-7-20/h4,8-9,12,15-16,20,23,25H,2-3,5-7,10-11,13-14,17-19H2,1H3/t23-,25+/m0/s1. The average Bonchev–Trinajstić information content (AvgIpc) is 3.69. The molecule has 2 atom stereocenters. The zero-order valence-electron chi connectivity index (χ0n) is 21.0. The Morgan fingerprint density at radius 2 is 1.97 bits per heavy atom. The number of hydrogen-bond donors (Lipinski definition) is 0. The second-order valence-corrected chi connectivity index (χ2v) is 11.0. The van der Waals surface area contributed by atoms with E-state index in [1.54, 1.807) is 23.3 Å². The first-order valence-electron chi connectivity index (χ1n) is 13.2. The number of carbonyl (C=O) groups is 2. The lowest BCUT2D eigenvalue weighted by Crippen LogP contribution is -2.50. The van der Waals surface area contributed by atoms with Crippen LogP contribution < -0.4 is 9.47 Å². The van der Waals surface area contributed by atoms with Gasteiger partial charge in [-0.15, -0.1) is 11.3 Å². The van der Waals surface area contributed by atoms with Gasteiger partial charge >= 0.3 is 0 Å². The molecule has 3 aliphatic rings. The first-order valence-corrected chi connectivity index (χ1v) is 14.0. The van der Waals surface area contributed by atoms with Gasteiger partial charge in [0.25, 0.3) is 0 Å². The van der Waals surface area contributed by atoms with Crippen LogP contribution in [0.5, 0.6) is 11.5 Å². The number of benzene rings is 1. The molecule has 2 aromatic rings. The quantitative estimate of drug-likeness (QED) is 0.496. The Morgan fingerprint density at radius 3 is 2.75 bits per heavy atom. The molecule has 194 valence electrons. The first-order chi connectivity index (χ1) is 17.6. The Balaban J connectivity index is 1.31. The third kappa shape index (κ3) is 5.70. The Hall–Kier alpha value is -2.58. The van der Waals surface area contributed by atoms with E-state index in [-0.39, 0.29) is 36.4 Å². The summed E-state index contributed by atoms with van der Waals surface area (Å²) >= 11 is 1.73. The highest BCUT2D eigenvalue weighted by Crippen LogP contribution is 2.35. The number of nitrogens with zero attached hydrogens (tertiary/aromatic N) is 2. The molecule has 1 saturated heterocycles. The molecule has 0 unspecified atom stereocenters. The summed E-state index contributed by atoms with van der Waals surface area (Å²) in [6, 6.07) is 9.44. The summed E-state index contributed by atoms with van der Waals surface area (Å²) in [6.07, 6.45) is 6.85. The predicted octanol–water partition coefficient (Wildman–Crippen LogP) is 4.46. The maximum absolute atomic E-state index is 13.8. The smallest absolute Gasteiger partial charge is 0.242 e. The van der Waals surface area contributed by atoms with Gasteiger partial charge in [0, 0.05) is 36.6 Å². The molecule has 1 aromatic heterocycles. The summed E-state index contributed by atoms with van der Waals surface area (Å²) in [4.78, 5) is 32.2. The summed E-state index contributed by atoms with van der Waals surface area (Å²) in [6.45, 7) is 2.32. The minimum absolute atomic E-state index is 0.0181. The monoisotopic (exact) mass is 512 g/mol. The Bertz CT molecular complexity index is 1040. The van der Waals surface area contributed by atoms with Crippen molar-refractivity contribution in [3.05, 3.63) is 46.2 Å². The van der Waals surface area contributed by atoms with Crippen LogP contribution in [0, 0.1) is 5.92 Å². The number of thiophene rings is 1. The van der Waals surface area contributed by atoms with Crippen LogP contribution >= 0.6 is 11.3 Å². The van der Waals surface area contributed by atoms with Crippen molar-refractivity contribution < 1.29 is 23.8 Å². The maximum atomic E-state index is 13.8. The number of hydrogen-bond acceptors (Lipinski definition) is 6. The molecule has 0 radical (unpaired) electrons. The molecule has 1 aliphatic carbocycles. The lowest BCUT2D eigenvalue weighted by Gasteiger charge is -2.37. The molecule has 0 bridgehead atoms. The molecule has 2 fully saturated rings. The van der Waals surface area contributed by atoms with Gasteiger partial charge < -0.3 is 24.0 Å². The van der Waals surface area contributed by atoms with E-state index >= 15 is 0 Å². The second-order valence-electron chi connectivity index (χ2n) is 9.98. The number of fused-ring (bicyclic) bond motifs is 1. The van der Waals surface area contributed by atoms with E-state index < -0.39 is 0 Å². The van der Waals surface area contributed by atoms with Crippen molar-refractivity contribution in [2.45, 2.75) is 57.1 Å². The maximum Gasteiger partial charge on any atom is 0.242 e. The molecule has 1 aromatic carbocycles. The first kappa shape index (κ1) is 25.1.